The van der Waals surface area contributed by atoms with Crippen LogP contribution < -0.4 is 0 Å². The second kappa shape index (κ2) is 6.44. The normalized spacial score (nSPS) is 26.1. The summed E-state index contributed by atoms with van der Waals surface area (Å²) >= 11 is 0. The van der Waals surface area contributed by atoms with Crippen LogP contribution in [0.2, 0.25) is 0 Å². The van der Waals surface area contributed by atoms with Crippen molar-refractivity contribution in [2.75, 3.05) is 6.54 Å². The van der Waals surface area contributed by atoms with E-state index in [-0.39, 0.29) is 0 Å². The molecule has 21 heavy (non-hydrogen) atoms. The van der Waals surface area contributed by atoms with Crippen LogP contribution in [0.5, 0.6) is 0 Å². The Labute approximate surface area is 126 Å². The van der Waals surface area contributed by atoms with Crippen molar-refractivity contribution in [3.05, 3.63) is 41.5 Å². The van der Waals surface area contributed by atoms with Gasteiger partial charge in [0.05, 0.1) is 0 Å². The molecule has 1 aliphatic carbocycles. The lowest BCUT2D eigenvalue weighted by atomic mass is 9.91. The molecule has 3 rings (SSSR count). The summed E-state index contributed by atoms with van der Waals surface area (Å²) < 4.78 is 0. The fraction of sp³-hybridized carbons (Fsp3) is 0.500. The van der Waals surface area contributed by atoms with Crippen LogP contribution in [0.15, 0.2) is 30.3 Å². The third kappa shape index (κ3) is 3.53. The van der Waals surface area contributed by atoms with Crippen LogP contribution in [-0.4, -0.2) is 28.6 Å². The van der Waals surface area contributed by atoms with Gasteiger partial charge in [0.25, 0.3) is 0 Å². The summed E-state index contributed by atoms with van der Waals surface area (Å²) in [7, 11) is 0. The van der Waals surface area contributed by atoms with Crippen LogP contribution in [0.25, 0.3) is 6.08 Å². The highest BCUT2D eigenvalue weighted by atomic mass is 16.4. The Morgan fingerprint density at radius 2 is 1.95 bits per heavy atom. The van der Waals surface area contributed by atoms with Crippen molar-refractivity contribution < 1.29 is 9.90 Å². The number of carboxylic acid groups (broad SMARTS) is 1. The molecule has 3 nitrogen and oxygen atoms in total. The molecular formula is C18H23NO2. The third-order valence-electron chi connectivity index (χ3n) is 4.89. The average Bonchev–Trinajstić information content (AvgIpc) is 2.96. The predicted octanol–water partition coefficient (Wildman–Crippen LogP) is 3.55. The fourth-order valence-corrected chi connectivity index (χ4v) is 3.89. The first-order chi connectivity index (χ1) is 10.2. The van der Waals surface area contributed by atoms with E-state index in [4.69, 9.17) is 5.11 Å². The topological polar surface area (TPSA) is 40.5 Å². The Balaban J connectivity index is 1.63. The minimum atomic E-state index is -0.903. The number of benzene rings is 1. The summed E-state index contributed by atoms with van der Waals surface area (Å²) in [5, 5.41) is 8.64. The van der Waals surface area contributed by atoms with Crippen molar-refractivity contribution in [1.29, 1.82) is 0 Å². The Bertz CT molecular complexity index is 521. The molecule has 1 aromatic rings. The summed E-state index contributed by atoms with van der Waals surface area (Å²) in [6, 6.07) is 9.06. The largest absolute Gasteiger partial charge is 0.478 e. The lowest BCUT2D eigenvalue weighted by molar-refractivity contribution is -0.131. The minimum absolute atomic E-state index is 0.797. The Hall–Kier alpha value is -1.61. The maximum absolute atomic E-state index is 10.5. The first-order valence-electron chi connectivity index (χ1n) is 7.96. The number of hydrogen-bond donors (Lipinski definition) is 1. The Morgan fingerprint density at radius 3 is 2.71 bits per heavy atom. The standard InChI is InChI=1S/C18H23NO2/c20-18(21)11-10-14-6-8-15(9-7-14)13-19-12-2-4-16-3-1-5-17(16)19/h6-11,16-17H,1-5,12-13H2,(H,20,21). The number of fused-ring (bicyclic) bond motifs is 1. The number of hydrogen-bond acceptors (Lipinski definition) is 2. The van der Waals surface area contributed by atoms with Gasteiger partial charge in [0.2, 0.25) is 0 Å². The van der Waals surface area contributed by atoms with Gasteiger partial charge in [0, 0.05) is 18.7 Å². The molecule has 2 atom stereocenters. The van der Waals surface area contributed by atoms with Gasteiger partial charge in [0.15, 0.2) is 0 Å². The summed E-state index contributed by atoms with van der Waals surface area (Å²) in [5.74, 6) is 0.0243. The summed E-state index contributed by atoms with van der Waals surface area (Å²) in [4.78, 5) is 13.2. The van der Waals surface area contributed by atoms with Gasteiger partial charge < -0.3 is 5.11 Å². The molecule has 1 saturated heterocycles. The zero-order valence-corrected chi connectivity index (χ0v) is 12.4. The molecule has 0 bridgehead atoms. The maximum atomic E-state index is 10.5. The highest BCUT2D eigenvalue weighted by Crippen LogP contribution is 2.37. The van der Waals surface area contributed by atoms with Crippen molar-refractivity contribution >= 4 is 12.0 Å². The van der Waals surface area contributed by atoms with Gasteiger partial charge in [-0.1, -0.05) is 30.7 Å². The van der Waals surface area contributed by atoms with Crippen LogP contribution in [0.4, 0.5) is 0 Å². The van der Waals surface area contributed by atoms with Crippen LogP contribution in [0.1, 0.15) is 43.2 Å². The van der Waals surface area contributed by atoms with Gasteiger partial charge in [-0.2, -0.15) is 0 Å². The smallest absolute Gasteiger partial charge is 0.328 e. The van der Waals surface area contributed by atoms with E-state index in [2.05, 4.69) is 17.0 Å². The van der Waals surface area contributed by atoms with E-state index in [9.17, 15) is 4.79 Å². The number of aliphatic carboxylic acids is 1. The van der Waals surface area contributed by atoms with Crippen molar-refractivity contribution in [3.8, 4) is 0 Å². The second-order valence-electron chi connectivity index (χ2n) is 6.28. The molecule has 2 unspecified atom stereocenters. The van der Waals surface area contributed by atoms with Crippen molar-refractivity contribution in [2.24, 2.45) is 5.92 Å². The van der Waals surface area contributed by atoms with Gasteiger partial charge in [-0.05, 0) is 55.3 Å². The zero-order chi connectivity index (χ0) is 14.7. The Morgan fingerprint density at radius 1 is 1.19 bits per heavy atom. The monoisotopic (exact) mass is 285 g/mol. The van der Waals surface area contributed by atoms with E-state index < -0.39 is 5.97 Å². The average molecular weight is 285 g/mol. The minimum Gasteiger partial charge on any atom is -0.478 e. The van der Waals surface area contributed by atoms with Gasteiger partial charge in [0.1, 0.15) is 0 Å². The quantitative estimate of drug-likeness (QED) is 0.860. The molecule has 1 aliphatic heterocycles. The Kier molecular flexibility index (Phi) is 4.39. The number of rotatable bonds is 4. The van der Waals surface area contributed by atoms with Crippen LogP contribution in [0.3, 0.4) is 0 Å². The molecule has 2 aliphatic rings. The van der Waals surface area contributed by atoms with Gasteiger partial charge >= 0.3 is 5.97 Å². The van der Waals surface area contributed by atoms with Crippen LogP contribution in [-0.2, 0) is 11.3 Å². The molecule has 0 aromatic heterocycles. The van der Waals surface area contributed by atoms with E-state index in [1.165, 1.54) is 50.3 Å². The molecule has 112 valence electrons. The molecule has 2 fully saturated rings. The third-order valence-corrected chi connectivity index (χ3v) is 4.89. The lowest BCUT2D eigenvalue weighted by Crippen LogP contribution is -2.41. The molecule has 1 heterocycles. The molecular weight excluding hydrogens is 262 g/mol. The number of carbonyl (C=O) groups is 1. The summed E-state index contributed by atoms with van der Waals surface area (Å²) in [6.07, 6.45) is 9.75. The lowest BCUT2D eigenvalue weighted by Gasteiger charge is -2.37. The zero-order valence-electron chi connectivity index (χ0n) is 12.4. The van der Waals surface area contributed by atoms with Crippen molar-refractivity contribution in [1.82, 2.24) is 4.90 Å². The summed E-state index contributed by atoms with van der Waals surface area (Å²) in [6.45, 7) is 2.26. The molecule has 0 spiro atoms. The highest BCUT2D eigenvalue weighted by Gasteiger charge is 2.34. The summed E-state index contributed by atoms with van der Waals surface area (Å²) in [5.41, 5.74) is 2.27. The fourth-order valence-electron chi connectivity index (χ4n) is 3.89. The second-order valence-corrected chi connectivity index (χ2v) is 6.28. The van der Waals surface area contributed by atoms with Crippen molar-refractivity contribution in [3.63, 3.8) is 0 Å². The molecule has 3 heteroatoms. The van der Waals surface area contributed by atoms with E-state index in [1.54, 1.807) is 6.08 Å². The molecule has 0 radical (unpaired) electrons. The van der Waals surface area contributed by atoms with E-state index >= 15 is 0 Å². The van der Waals surface area contributed by atoms with Gasteiger partial charge in [-0.3, -0.25) is 4.90 Å². The van der Waals surface area contributed by atoms with Crippen molar-refractivity contribution in [2.45, 2.75) is 44.7 Å². The maximum Gasteiger partial charge on any atom is 0.328 e. The van der Waals surface area contributed by atoms with Gasteiger partial charge in [-0.25, -0.2) is 4.79 Å². The van der Waals surface area contributed by atoms with Crippen LogP contribution in [0, 0.1) is 5.92 Å². The molecule has 1 saturated carbocycles. The van der Waals surface area contributed by atoms with E-state index in [1.807, 2.05) is 12.1 Å². The first-order valence-corrected chi connectivity index (χ1v) is 7.96. The highest BCUT2D eigenvalue weighted by molar-refractivity contribution is 5.85. The number of piperidine rings is 1. The first kappa shape index (κ1) is 14.3. The number of nitrogens with zero attached hydrogens (tertiary/aromatic N) is 1. The van der Waals surface area contributed by atoms with E-state index in [0.717, 1.165) is 24.1 Å². The molecule has 1 N–H and O–H groups in total. The SMILES string of the molecule is O=C(O)C=Cc1ccc(CN2CCCC3CCCC32)cc1. The predicted molar refractivity (Wildman–Crippen MR) is 83.9 cm³/mol. The van der Waals surface area contributed by atoms with E-state index in [0.29, 0.717) is 0 Å². The molecule has 1 aromatic carbocycles. The molecule has 0 amide bonds. The van der Waals surface area contributed by atoms with Gasteiger partial charge in [-0.15, -0.1) is 0 Å². The number of likely N-dealkylation sites (tertiary alicyclic amines) is 1. The number of carboxylic acids is 1. The van der Waals surface area contributed by atoms with Crippen LogP contribution >= 0.6 is 0 Å².